The predicted molar refractivity (Wildman–Crippen MR) is 59.6 cm³/mol. The number of aromatic nitrogens is 2. The van der Waals surface area contributed by atoms with Gasteiger partial charge in [0, 0.05) is 6.04 Å². The van der Waals surface area contributed by atoms with Crippen LogP contribution < -0.4 is 0 Å². The summed E-state index contributed by atoms with van der Waals surface area (Å²) in [7, 11) is 0. The molecule has 0 saturated heterocycles. The van der Waals surface area contributed by atoms with Gasteiger partial charge in [0.15, 0.2) is 0 Å². The molecule has 1 heterocycles. The molecule has 76 valence electrons. The summed E-state index contributed by atoms with van der Waals surface area (Å²) in [6.07, 6.45) is 0. The first-order valence-corrected chi connectivity index (χ1v) is 5.02. The van der Waals surface area contributed by atoms with E-state index in [2.05, 4.69) is 29.5 Å². The molecule has 0 aliphatic rings. The Kier molecular flexibility index (Phi) is 2.20. The Morgan fingerprint density at radius 3 is 2.73 bits per heavy atom. The molecular weight excluding hydrogens is 186 g/mol. The van der Waals surface area contributed by atoms with Crippen molar-refractivity contribution in [1.82, 2.24) is 9.55 Å². The zero-order valence-electron chi connectivity index (χ0n) is 9.15. The average Bonchev–Trinajstić information content (AvgIpc) is 2.52. The molecule has 0 spiro atoms. The van der Waals surface area contributed by atoms with Crippen LogP contribution in [0.5, 0.6) is 0 Å². The van der Waals surface area contributed by atoms with E-state index in [1.54, 1.807) is 0 Å². The molecule has 15 heavy (non-hydrogen) atoms. The highest BCUT2D eigenvalue weighted by atomic mass is 15.1. The van der Waals surface area contributed by atoms with E-state index in [4.69, 9.17) is 5.26 Å². The van der Waals surface area contributed by atoms with Crippen LogP contribution in [0, 0.1) is 18.3 Å². The van der Waals surface area contributed by atoms with E-state index >= 15 is 0 Å². The van der Waals surface area contributed by atoms with Crippen molar-refractivity contribution in [3.8, 4) is 6.07 Å². The minimum absolute atomic E-state index is 0.392. The van der Waals surface area contributed by atoms with Crippen molar-refractivity contribution in [2.45, 2.75) is 26.8 Å². The highest BCUT2D eigenvalue weighted by Gasteiger charge is 2.09. The molecular formula is C12H13N3. The molecule has 0 N–H and O–H groups in total. The van der Waals surface area contributed by atoms with Gasteiger partial charge in [-0.3, -0.25) is 0 Å². The predicted octanol–water partition coefficient (Wildman–Crippen LogP) is 2.80. The van der Waals surface area contributed by atoms with E-state index in [9.17, 15) is 0 Å². The van der Waals surface area contributed by atoms with Gasteiger partial charge >= 0.3 is 0 Å². The summed E-state index contributed by atoms with van der Waals surface area (Å²) in [5, 5.41) is 8.80. The molecule has 0 unspecified atom stereocenters. The average molecular weight is 199 g/mol. The van der Waals surface area contributed by atoms with Gasteiger partial charge in [0.05, 0.1) is 22.7 Å². The lowest BCUT2D eigenvalue weighted by atomic mass is 10.2. The third kappa shape index (κ3) is 1.48. The molecule has 1 aromatic carbocycles. The van der Waals surface area contributed by atoms with Crippen molar-refractivity contribution < 1.29 is 0 Å². The van der Waals surface area contributed by atoms with Crippen LogP contribution >= 0.6 is 0 Å². The first-order chi connectivity index (χ1) is 7.13. The largest absolute Gasteiger partial charge is 0.326 e. The van der Waals surface area contributed by atoms with Gasteiger partial charge in [0.1, 0.15) is 5.82 Å². The Morgan fingerprint density at radius 1 is 1.40 bits per heavy atom. The lowest BCUT2D eigenvalue weighted by Gasteiger charge is -2.10. The summed E-state index contributed by atoms with van der Waals surface area (Å²) in [5.41, 5.74) is 2.66. The number of hydrogen-bond acceptors (Lipinski definition) is 2. The maximum atomic E-state index is 8.80. The normalized spacial score (nSPS) is 10.9. The Hall–Kier alpha value is -1.82. The molecule has 3 nitrogen and oxygen atoms in total. The number of hydrogen-bond donors (Lipinski definition) is 0. The molecule has 0 radical (unpaired) electrons. The number of nitrogens with zero attached hydrogens (tertiary/aromatic N) is 3. The van der Waals surface area contributed by atoms with Crippen molar-refractivity contribution in [1.29, 1.82) is 5.26 Å². The third-order valence-corrected chi connectivity index (χ3v) is 2.51. The van der Waals surface area contributed by atoms with Crippen molar-refractivity contribution in [2.75, 3.05) is 0 Å². The van der Waals surface area contributed by atoms with E-state index in [1.807, 2.05) is 25.1 Å². The maximum absolute atomic E-state index is 8.80. The van der Waals surface area contributed by atoms with Crippen molar-refractivity contribution in [3.05, 3.63) is 29.6 Å². The van der Waals surface area contributed by atoms with Crippen molar-refractivity contribution in [2.24, 2.45) is 0 Å². The van der Waals surface area contributed by atoms with Gasteiger partial charge in [-0.25, -0.2) is 4.98 Å². The first-order valence-electron chi connectivity index (χ1n) is 5.02. The minimum atomic E-state index is 0.392. The van der Waals surface area contributed by atoms with E-state index in [-0.39, 0.29) is 0 Å². The number of nitriles is 1. The molecule has 1 aromatic heterocycles. The van der Waals surface area contributed by atoms with E-state index in [1.165, 1.54) is 0 Å². The Labute approximate surface area is 89.0 Å². The first kappa shape index (κ1) is 9.72. The van der Waals surface area contributed by atoms with E-state index in [0.717, 1.165) is 16.9 Å². The SMILES string of the molecule is Cc1nc2cc(C#N)ccc2n1C(C)C. The number of imidazole rings is 1. The molecule has 3 heteroatoms. The highest BCUT2D eigenvalue weighted by Crippen LogP contribution is 2.21. The second kappa shape index (κ2) is 3.39. The van der Waals surface area contributed by atoms with Gasteiger partial charge in [-0.05, 0) is 39.0 Å². The lowest BCUT2D eigenvalue weighted by Crippen LogP contribution is -2.02. The molecule has 0 bridgehead atoms. The van der Waals surface area contributed by atoms with Gasteiger partial charge in [-0.2, -0.15) is 5.26 Å². The number of fused-ring (bicyclic) bond motifs is 1. The fraction of sp³-hybridized carbons (Fsp3) is 0.333. The summed E-state index contributed by atoms with van der Waals surface area (Å²) in [6, 6.07) is 8.16. The summed E-state index contributed by atoms with van der Waals surface area (Å²) >= 11 is 0. The number of rotatable bonds is 1. The molecule has 0 saturated carbocycles. The van der Waals surface area contributed by atoms with Crippen molar-refractivity contribution >= 4 is 11.0 Å². The van der Waals surface area contributed by atoms with Crippen molar-refractivity contribution in [3.63, 3.8) is 0 Å². The lowest BCUT2D eigenvalue weighted by molar-refractivity contribution is 0.600. The molecule has 0 fully saturated rings. The van der Waals surface area contributed by atoms with Gasteiger partial charge in [0.2, 0.25) is 0 Å². The fourth-order valence-electron chi connectivity index (χ4n) is 1.94. The second-order valence-corrected chi connectivity index (χ2v) is 3.94. The van der Waals surface area contributed by atoms with Crippen LogP contribution in [-0.2, 0) is 0 Å². The minimum Gasteiger partial charge on any atom is -0.326 e. The molecule has 2 aromatic rings. The zero-order valence-corrected chi connectivity index (χ0v) is 9.15. The van der Waals surface area contributed by atoms with Crippen LogP contribution in [0.3, 0.4) is 0 Å². The standard InChI is InChI=1S/C12H13N3/c1-8(2)15-9(3)14-11-6-10(7-13)4-5-12(11)15/h4-6,8H,1-3H3. The van der Waals surface area contributed by atoms with Crippen LogP contribution in [0.4, 0.5) is 0 Å². The zero-order chi connectivity index (χ0) is 11.0. The Morgan fingerprint density at radius 2 is 2.13 bits per heavy atom. The molecule has 0 aliphatic carbocycles. The molecule has 0 amide bonds. The van der Waals surface area contributed by atoms with Crippen LogP contribution in [0.25, 0.3) is 11.0 Å². The smallest absolute Gasteiger partial charge is 0.106 e. The molecule has 0 aliphatic heterocycles. The third-order valence-electron chi connectivity index (χ3n) is 2.51. The Bertz CT molecular complexity index is 544. The van der Waals surface area contributed by atoms with Gasteiger partial charge < -0.3 is 4.57 Å². The summed E-state index contributed by atoms with van der Waals surface area (Å²) < 4.78 is 2.18. The summed E-state index contributed by atoms with van der Waals surface area (Å²) in [5.74, 6) is 0.995. The van der Waals surface area contributed by atoms with Crippen LogP contribution in [0.2, 0.25) is 0 Å². The maximum Gasteiger partial charge on any atom is 0.106 e. The highest BCUT2D eigenvalue weighted by molar-refractivity contribution is 5.77. The number of benzene rings is 1. The van der Waals surface area contributed by atoms with Crippen LogP contribution in [0.1, 0.15) is 31.3 Å². The van der Waals surface area contributed by atoms with Gasteiger partial charge in [-0.15, -0.1) is 0 Å². The topological polar surface area (TPSA) is 41.6 Å². The van der Waals surface area contributed by atoms with Gasteiger partial charge in [-0.1, -0.05) is 0 Å². The molecule has 2 rings (SSSR count). The monoisotopic (exact) mass is 199 g/mol. The van der Waals surface area contributed by atoms with E-state index in [0.29, 0.717) is 11.6 Å². The quantitative estimate of drug-likeness (QED) is 0.708. The number of aryl methyl sites for hydroxylation is 1. The van der Waals surface area contributed by atoms with Crippen LogP contribution in [-0.4, -0.2) is 9.55 Å². The van der Waals surface area contributed by atoms with Crippen LogP contribution in [0.15, 0.2) is 18.2 Å². The van der Waals surface area contributed by atoms with E-state index < -0.39 is 0 Å². The van der Waals surface area contributed by atoms with Gasteiger partial charge in [0.25, 0.3) is 0 Å². The summed E-state index contributed by atoms with van der Waals surface area (Å²) in [4.78, 5) is 4.45. The fourth-order valence-corrected chi connectivity index (χ4v) is 1.94. The second-order valence-electron chi connectivity index (χ2n) is 3.94. The Balaban J connectivity index is 2.75. The molecule has 0 atom stereocenters. The summed E-state index contributed by atoms with van der Waals surface area (Å²) in [6.45, 7) is 6.25.